The topological polar surface area (TPSA) is 163 Å². The SMILES string of the molecule is CCCCOC(C(=O)O)C(O)C(=O)O.OCCCCOCCCCOCCCCO. The molecule has 0 aromatic heterocycles. The van der Waals surface area contributed by atoms with E-state index < -0.39 is 24.1 Å². The Labute approximate surface area is 178 Å². The number of aliphatic carboxylic acids is 2. The van der Waals surface area contributed by atoms with Gasteiger partial charge in [0.05, 0.1) is 0 Å². The molecule has 0 rings (SSSR count). The molecule has 2 unspecified atom stereocenters. The first-order valence-corrected chi connectivity index (χ1v) is 10.5. The minimum absolute atomic E-state index is 0.123. The molecule has 0 aliphatic heterocycles. The number of unbranched alkanes of at least 4 members (excludes halogenated alkanes) is 4. The number of hydrogen-bond donors (Lipinski definition) is 5. The molecule has 0 heterocycles. The van der Waals surface area contributed by atoms with E-state index in [1.807, 2.05) is 6.92 Å². The molecule has 0 saturated carbocycles. The molecule has 0 radical (unpaired) electrons. The number of hydrogen-bond acceptors (Lipinski definition) is 8. The molecule has 0 spiro atoms. The first-order valence-electron chi connectivity index (χ1n) is 10.5. The van der Waals surface area contributed by atoms with Crippen LogP contribution < -0.4 is 0 Å². The lowest BCUT2D eigenvalue weighted by atomic mass is 10.2. The van der Waals surface area contributed by atoms with E-state index >= 15 is 0 Å². The standard InChI is InChI=1S/C12H26O4.C8H14O6/c13-7-1-3-9-15-11-5-6-12-16-10-4-2-8-14;1-2-3-4-14-6(8(12)13)5(9)7(10)11/h13-14H,1-12H2;5-6,9H,2-4H2,1H3,(H,10,11)(H,12,13). The number of aliphatic hydroxyl groups excluding tert-OH is 3. The summed E-state index contributed by atoms with van der Waals surface area (Å²) >= 11 is 0. The zero-order chi connectivity index (χ0) is 23.0. The molecular formula is C20H40O10. The molecule has 0 aromatic rings. The Kier molecular flexibility index (Phi) is 24.7. The molecule has 30 heavy (non-hydrogen) atoms. The number of ether oxygens (including phenoxy) is 3. The molecule has 0 aliphatic carbocycles. The van der Waals surface area contributed by atoms with Gasteiger partial charge in [0.1, 0.15) is 0 Å². The number of carboxylic acids is 2. The van der Waals surface area contributed by atoms with E-state index in [1.165, 1.54) is 0 Å². The lowest BCUT2D eigenvalue weighted by Crippen LogP contribution is -2.41. The van der Waals surface area contributed by atoms with E-state index in [0.717, 1.165) is 71.4 Å². The van der Waals surface area contributed by atoms with Gasteiger partial charge in [-0.3, -0.25) is 0 Å². The fourth-order valence-electron chi connectivity index (χ4n) is 2.03. The maximum atomic E-state index is 10.5. The summed E-state index contributed by atoms with van der Waals surface area (Å²) in [5.41, 5.74) is 0. The van der Waals surface area contributed by atoms with Gasteiger partial charge >= 0.3 is 11.9 Å². The van der Waals surface area contributed by atoms with Crippen LogP contribution in [0.15, 0.2) is 0 Å². The highest BCUT2D eigenvalue weighted by Crippen LogP contribution is 2.02. The number of carboxylic acid groups (broad SMARTS) is 2. The van der Waals surface area contributed by atoms with Crippen LogP contribution in [0.4, 0.5) is 0 Å². The van der Waals surface area contributed by atoms with Crippen LogP contribution in [0.3, 0.4) is 0 Å². The summed E-state index contributed by atoms with van der Waals surface area (Å²) < 4.78 is 15.5. The van der Waals surface area contributed by atoms with Crippen molar-refractivity contribution < 1.29 is 49.3 Å². The van der Waals surface area contributed by atoms with Crippen molar-refractivity contribution >= 4 is 11.9 Å². The van der Waals surface area contributed by atoms with Crippen LogP contribution in [-0.4, -0.2) is 95.9 Å². The van der Waals surface area contributed by atoms with Crippen molar-refractivity contribution in [1.29, 1.82) is 0 Å². The predicted molar refractivity (Wildman–Crippen MR) is 109 cm³/mol. The predicted octanol–water partition coefficient (Wildman–Crippen LogP) is 1.05. The quantitative estimate of drug-likeness (QED) is 0.173. The molecule has 0 bridgehead atoms. The van der Waals surface area contributed by atoms with E-state index in [1.54, 1.807) is 0 Å². The van der Waals surface area contributed by atoms with Gasteiger partial charge in [-0.25, -0.2) is 9.59 Å². The largest absolute Gasteiger partial charge is 0.479 e. The van der Waals surface area contributed by atoms with Crippen LogP contribution in [0.5, 0.6) is 0 Å². The normalized spacial score (nSPS) is 12.7. The minimum atomic E-state index is -2.02. The zero-order valence-corrected chi connectivity index (χ0v) is 18.0. The molecular weight excluding hydrogens is 400 g/mol. The fourth-order valence-corrected chi connectivity index (χ4v) is 2.03. The lowest BCUT2D eigenvalue weighted by molar-refractivity contribution is -0.171. The molecule has 10 heteroatoms. The van der Waals surface area contributed by atoms with Crippen LogP contribution >= 0.6 is 0 Å². The van der Waals surface area contributed by atoms with E-state index in [0.29, 0.717) is 6.42 Å². The molecule has 0 saturated heterocycles. The van der Waals surface area contributed by atoms with Crippen molar-refractivity contribution in [3.05, 3.63) is 0 Å². The van der Waals surface area contributed by atoms with Gasteiger partial charge in [0, 0.05) is 46.2 Å². The van der Waals surface area contributed by atoms with E-state index in [-0.39, 0.29) is 19.8 Å². The third kappa shape index (κ3) is 21.4. The molecule has 0 aromatic carbocycles. The molecule has 0 aliphatic rings. The average Bonchev–Trinajstić information content (AvgIpc) is 2.72. The van der Waals surface area contributed by atoms with E-state index in [4.69, 9.17) is 39.7 Å². The van der Waals surface area contributed by atoms with Crippen LogP contribution in [0, 0.1) is 0 Å². The first kappa shape index (κ1) is 30.9. The van der Waals surface area contributed by atoms with Crippen molar-refractivity contribution in [2.24, 2.45) is 0 Å². The highest BCUT2D eigenvalue weighted by atomic mass is 16.5. The summed E-state index contributed by atoms with van der Waals surface area (Å²) in [6.07, 6.45) is 3.29. The Morgan fingerprint density at radius 2 is 1.13 bits per heavy atom. The van der Waals surface area contributed by atoms with Gasteiger partial charge in [-0.2, -0.15) is 0 Å². The summed E-state index contributed by atoms with van der Waals surface area (Å²) in [5.74, 6) is -3.08. The summed E-state index contributed by atoms with van der Waals surface area (Å²) in [4.78, 5) is 20.8. The second-order valence-electron chi connectivity index (χ2n) is 6.56. The summed E-state index contributed by atoms with van der Waals surface area (Å²) in [6.45, 7) is 5.58. The molecule has 0 amide bonds. The van der Waals surface area contributed by atoms with Crippen molar-refractivity contribution in [3.8, 4) is 0 Å². The van der Waals surface area contributed by atoms with E-state index in [9.17, 15) is 9.59 Å². The fraction of sp³-hybridized carbons (Fsp3) is 0.900. The van der Waals surface area contributed by atoms with Gasteiger partial charge in [0.25, 0.3) is 0 Å². The Morgan fingerprint density at radius 1 is 0.700 bits per heavy atom. The first-order chi connectivity index (χ1) is 14.4. The minimum Gasteiger partial charge on any atom is -0.479 e. The van der Waals surface area contributed by atoms with Gasteiger partial charge in [-0.05, 0) is 44.9 Å². The van der Waals surface area contributed by atoms with Crippen molar-refractivity contribution in [1.82, 2.24) is 0 Å². The Bertz CT molecular complexity index is 378. The van der Waals surface area contributed by atoms with Crippen LogP contribution in [0.25, 0.3) is 0 Å². The van der Waals surface area contributed by atoms with Gasteiger partial charge in [-0.1, -0.05) is 13.3 Å². The van der Waals surface area contributed by atoms with Gasteiger partial charge in [0.15, 0.2) is 12.2 Å². The second kappa shape index (κ2) is 24.0. The molecule has 2 atom stereocenters. The Balaban J connectivity index is 0. The van der Waals surface area contributed by atoms with Crippen LogP contribution in [0.1, 0.15) is 58.3 Å². The maximum Gasteiger partial charge on any atom is 0.336 e. The number of aliphatic hydroxyl groups is 3. The van der Waals surface area contributed by atoms with Gasteiger partial charge in [0.2, 0.25) is 0 Å². The van der Waals surface area contributed by atoms with Gasteiger partial charge < -0.3 is 39.7 Å². The summed E-state index contributed by atoms with van der Waals surface area (Å²) in [5, 5.41) is 42.9. The van der Waals surface area contributed by atoms with Crippen molar-refractivity contribution in [2.45, 2.75) is 70.5 Å². The third-order valence-corrected chi connectivity index (χ3v) is 3.80. The van der Waals surface area contributed by atoms with E-state index in [2.05, 4.69) is 0 Å². The highest BCUT2D eigenvalue weighted by molar-refractivity contribution is 5.83. The number of rotatable bonds is 20. The third-order valence-electron chi connectivity index (χ3n) is 3.80. The number of carbonyl (C=O) groups is 2. The van der Waals surface area contributed by atoms with Gasteiger partial charge in [-0.15, -0.1) is 0 Å². The van der Waals surface area contributed by atoms with Crippen LogP contribution in [-0.2, 0) is 23.8 Å². The van der Waals surface area contributed by atoms with Crippen molar-refractivity contribution in [2.75, 3.05) is 46.2 Å². The molecule has 5 N–H and O–H groups in total. The highest BCUT2D eigenvalue weighted by Gasteiger charge is 2.32. The second-order valence-corrected chi connectivity index (χ2v) is 6.56. The Morgan fingerprint density at radius 3 is 1.47 bits per heavy atom. The zero-order valence-electron chi connectivity index (χ0n) is 18.0. The Hall–Kier alpha value is -1.30. The monoisotopic (exact) mass is 440 g/mol. The smallest absolute Gasteiger partial charge is 0.336 e. The van der Waals surface area contributed by atoms with Crippen molar-refractivity contribution in [3.63, 3.8) is 0 Å². The van der Waals surface area contributed by atoms with Crippen LogP contribution in [0.2, 0.25) is 0 Å². The molecule has 10 nitrogen and oxygen atoms in total. The average molecular weight is 441 g/mol. The lowest BCUT2D eigenvalue weighted by Gasteiger charge is -2.15. The molecule has 180 valence electrons. The molecule has 0 fully saturated rings. The summed E-state index contributed by atoms with van der Waals surface area (Å²) in [6, 6.07) is 0. The summed E-state index contributed by atoms with van der Waals surface area (Å²) in [7, 11) is 0. The maximum absolute atomic E-state index is 10.5.